The standard InChI is InChI=1S/C36H59O3P/c1-31(2,3)23-19-21-25(29(35(13,14)15)27(23)33(7,8)9)38-40(37)39-26-22-20-24(32(4,5)6)28(34(10,11)12)30(26)36(16,17)18/h19-22,37H,1-18H3. The summed E-state index contributed by atoms with van der Waals surface area (Å²) < 4.78 is 12.7. The number of hydrogen-bond donors (Lipinski definition) is 1. The number of benzene rings is 2. The first-order chi connectivity index (χ1) is 17.6. The molecular weight excluding hydrogens is 511 g/mol. The van der Waals surface area contributed by atoms with Crippen LogP contribution in [-0.2, 0) is 32.5 Å². The summed E-state index contributed by atoms with van der Waals surface area (Å²) in [5.74, 6) is 1.39. The summed E-state index contributed by atoms with van der Waals surface area (Å²) in [6.07, 6.45) is 0. The summed E-state index contributed by atoms with van der Waals surface area (Å²) in [5.41, 5.74) is 6.80. The Morgan fingerprint density at radius 1 is 0.400 bits per heavy atom. The minimum Gasteiger partial charge on any atom is -0.418 e. The molecule has 0 bridgehead atoms. The van der Waals surface area contributed by atoms with Gasteiger partial charge in [-0.3, -0.25) is 0 Å². The topological polar surface area (TPSA) is 38.7 Å². The van der Waals surface area contributed by atoms with Crippen molar-refractivity contribution < 1.29 is 13.9 Å². The molecule has 0 amide bonds. The molecule has 4 heteroatoms. The van der Waals surface area contributed by atoms with Crippen LogP contribution < -0.4 is 9.05 Å². The van der Waals surface area contributed by atoms with Gasteiger partial charge in [0.25, 0.3) is 0 Å². The van der Waals surface area contributed by atoms with E-state index in [1.54, 1.807) is 0 Å². The van der Waals surface area contributed by atoms with Crippen LogP contribution in [0.15, 0.2) is 24.3 Å². The maximum absolute atomic E-state index is 11.4. The molecule has 2 aromatic carbocycles. The zero-order valence-corrected chi connectivity index (χ0v) is 29.9. The first kappa shape index (κ1) is 34.6. The number of hydrogen-bond acceptors (Lipinski definition) is 3. The van der Waals surface area contributed by atoms with E-state index in [9.17, 15) is 4.89 Å². The molecule has 0 aliphatic heterocycles. The molecule has 0 unspecified atom stereocenters. The van der Waals surface area contributed by atoms with Crippen LogP contribution in [-0.4, -0.2) is 4.89 Å². The maximum atomic E-state index is 11.4. The van der Waals surface area contributed by atoms with Gasteiger partial charge in [0.15, 0.2) is 0 Å². The highest BCUT2D eigenvalue weighted by molar-refractivity contribution is 7.41. The number of rotatable bonds is 4. The van der Waals surface area contributed by atoms with Crippen molar-refractivity contribution >= 4 is 8.60 Å². The Kier molecular flexibility index (Phi) is 9.46. The van der Waals surface area contributed by atoms with Gasteiger partial charge < -0.3 is 13.9 Å². The van der Waals surface area contributed by atoms with Crippen molar-refractivity contribution in [3.05, 3.63) is 57.6 Å². The Labute approximate surface area is 248 Å². The third-order valence-corrected chi connectivity index (χ3v) is 8.01. The lowest BCUT2D eigenvalue weighted by atomic mass is 9.68. The van der Waals surface area contributed by atoms with Crippen molar-refractivity contribution in [2.75, 3.05) is 0 Å². The Morgan fingerprint density at radius 2 is 0.650 bits per heavy atom. The van der Waals surface area contributed by atoms with Crippen LogP contribution in [0, 0.1) is 0 Å². The first-order valence-corrected chi connectivity index (χ1v) is 15.9. The van der Waals surface area contributed by atoms with Crippen LogP contribution >= 0.6 is 8.60 Å². The maximum Gasteiger partial charge on any atom is 0.460 e. The van der Waals surface area contributed by atoms with Crippen molar-refractivity contribution in [1.82, 2.24) is 0 Å². The SMILES string of the molecule is CC(C)(C)c1ccc(OP(O)Oc2ccc(C(C)(C)C)c(C(C)(C)C)c2C(C)(C)C)c(C(C)(C)C)c1C(C)(C)C. The molecule has 226 valence electrons. The minimum absolute atomic E-state index is 0.0264. The van der Waals surface area contributed by atoms with E-state index in [2.05, 4.69) is 137 Å². The minimum atomic E-state index is -2.23. The van der Waals surface area contributed by atoms with Crippen LogP contribution in [0.25, 0.3) is 0 Å². The summed E-state index contributed by atoms with van der Waals surface area (Å²) in [6, 6.07) is 8.40. The van der Waals surface area contributed by atoms with Crippen molar-refractivity contribution in [2.24, 2.45) is 0 Å². The summed E-state index contributed by atoms with van der Waals surface area (Å²) in [7, 11) is -2.23. The molecule has 0 saturated heterocycles. The van der Waals surface area contributed by atoms with E-state index in [1.165, 1.54) is 22.3 Å². The second kappa shape index (κ2) is 10.9. The molecule has 0 atom stereocenters. The van der Waals surface area contributed by atoms with E-state index < -0.39 is 8.60 Å². The lowest BCUT2D eigenvalue weighted by molar-refractivity contribution is 0.366. The summed E-state index contributed by atoms with van der Waals surface area (Å²) >= 11 is 0. The average Bonchev–Trinajstić information content (AvgIpc) is 2.68. The Hall–Kier alpha value is -1.57. The van der Waals surface area contributed by atoms with Gasteiger partial charge in [0.05, 0.1) is 0 Å². The molecule has 0 heterocycles. The fourth-order valence-electron chi connectivity index (χ4n) is 5.80. The lowest BCUT2D eigenvalue weighted by Crippen LogP contribution is -2.29. The summed E-state index contributed by atoms with van der Waals surface area (Å²) in [6.45, 7) is 40.4. The van der Waals surface area contributed by atoms with Gasteiger partial charge in [-0.15, -0.1) is 0 Å². The zero-order valence-electron chi connectivity index (χ0n) is 29.0. The van der Waals surface area contributed by atoms with Crippen LogP contribution in [0.5, 0.6) is 11.5 Å². The van der Waals surface area contributed by atoms with E-state index >= 15 is 0 Å². The van der Waals surface area contributed by atoms with Gasteiger partial charge in [0.1, 0.15) is 11.5 Å². The van der Waals surface area contributed by atoms with Gasteiger partial charge >= 0.3 is 8.60 Å². The van der Waals surface area contributed by atoms with Gasteiger partial charge in [-0.2, -0.15) is 0 Å². The molecule has 2 aromatic rings. The molecule has 0 aromatic heterocycles. The predicted molar refractivity (Wildman–Crippen MR) is 175 cm³/mol. The highest BCUT2D eigenvalue weighted by atomic mass is 31.2. The van der Waals surface area contributed by atoms with Crippen LogP contribution in [0.1, 0.15) is 158 Å². The van der Waals surface area contributed by atoms with E-state index in [4.69, 9.17) is 9.05 Å². The van der Waals surface area contributed by atoms with E-state index in [0.717, 1.165) is 11.1 Å². The smallest absolute Gasteiger partial charge is 0.418 e. The second-order valence-corrected chi connectivity index (χ2v) is 18.5. The highest BCUT2D eigenvalue weighted by Gasteiger charge is 2.37. The molecular formula is C36H59O3P. The first-order valence-electron chi connectivity index (χ1n) is 14.8. The zero-order chi connectivity index (χ0) is 31.4. The Morgan fingerprint density at radius 3 is 0.850 bits per heavy atom. The molecule has 2 rings (SSSR count). The molecule has 0 aliphatic rings. The van der Waals surface area contributed by atoms with Gasteiger partial charge in [-0.25, -0.2) is 0 Å². The van der Waals surface area contributed by atoms with Crippen molar-refractivity contribution in [3.8, 4) is 11.5 Å². The van der Waals surface area contributed by atoms with Gasteiger partial charge in [0, 0.05) is 11.1 Å². The van der Waals surface area contributed by atoms with Crippen molar-refractivity contribution in [3.63, 3.8) is 0 Å². The molecule has 0 saturated carbocycles. The monoisotopic (exact) mass is 570 g/mol. The van der Waals surface area contributed by atoms with Crippen LogP contribution in [0.2, 0.25) is 0 Å². The molecule has 0 fully saturated rings. The molecule has 1 N–H and O–H groups in total. The van der Waals surface area contributed by atoms with E-state index in [1.807, 2.05) is 12.1 Å². The average molecular weight is 571 g/mol. The van der Waals surface area contributed by atoms with Gasteiger partial charge in [-0.05, 0) is 66.9 Å². The Balaban J connectivity index is 2.74. The molecule has 0 spiro atoms. The lowest BCUT2D eigenvalue weighted by Gasteiger charge is -2.38. The van der Waals surface area contributed by atoms with E-state index in [0.29, 0.717) is 11.5 Å². The van der Waals surface area contributed by atoms with Crippen molar-refractivity contribution in [1.29, 1.82) is 0 Å². The molecule has 40 heavy (non-hydrogen) atoms. The highest BCUT2D eigenvalue weighted by Crippen LogP contribution is 2.51. The fourth-order valence-corrected chi connectivity index (χ4v) is 6.48. The molecule has 0 radical (unpaired) electrons. The second-order valence-electron chi connectivity index (χ2n) is 17.6. The normalized spacial score (nSPS) is 14.1. The predicted octanol–water partition coefficient (Wildman–Crippen LogP) is 11.1. The molecule has 0 aliphatic carbocycles. The van der Waals surface area contributed by atoms with Crippen LogP contribution in [0.3, 0.4) is 0 Å². The summed E-state index contributed by atoms with van der Waals surface area (Å²) in [4.78, 5) is 11.4. The van der Waals surface area contributed by atoms with Crippen LogP contribution in [0.4, 0.5) is 0 Å². The third kappa shape index (κ3) is 7.83. The third-order valence-electron chi connectivity index (χ3n) is 7.30. The van der Waals surface area contributed by atoms with Gasteiger partial charge in [0.2, 0.25) is 0 Å². The molecule has 3 nitrogen and oxygen atoms in total. The largest absolute Gasteiger partial charge is 0.460 e. The summed E-state index contributed by atoms with van der Waals surface area (Å²) in [5, 5.41) is 0. The quantitative estimate of drug-likeness (QED) is 0.372. The van der Waals surface area contributed by atoms with E-state index in [-0.39, 0.29) is 32.5 Å². The van der Waals surface area contributed by atoms with Crippen molar-refractivity contribution in [2.45, 2.75) is 157 Å². The van der Waals surface area contributed by atoms with Gasteiger partial charge in [-0.1, -0.05) is 137 Å². The Bertz CT molecular complexity index is 1100. The fraction of sp³-hybridized carbons (Fsp3) is 0.667.